The van der Waals surface area contributed by atoms with E-state index in [0.717, 1.165) is 0 Å². The maximum atomic E-state index is 10.2. The van der Waals surface area contributed by atoms with Gasteiger partial charge in [-0.25, -0.2) is 0 Å². The van der Waals surface area contributed by atoms with E-state index in [1.807, 2.05) is 0 Å². The fourth-order valence-corrected chi connectivity index (χ4v) is 0.724. The van der Waals surface area contributed by atoms with Crippen LogP contribution in [0.15, 0.2) is 23.4 Å². The molecular formula is C6H3NNa2O2S. The van der Waals surface area contributed by atoms with Crippen LogP contribution in [0.2, 0.25) is 0 Å². The van der Waals surface area contributed by atoms with Gasteiger partial charge >= 0.3 is 59.1 Å². The fourth-order valence-electron chi connectivity index (χ4n) is 0.536. The number of rotatable bonds is 1. The Morgan fingerprint density at radius 2 is 2.08 bits per heavy atom. The van der Waals surface area contributed by atoms with Gasteiger partial charge in [-0.05, 0) is 11.6 Å². The van der Waals surface area contributed by atoms with Crippen molar-refractivity contribution < 1.29 is 69.0 Å². The molecule has 0 radical (unpaired) electrons. The summed E-state index contributed by atoms with van der Waals surface area (Å²) in [5.41, 5.74) is 0.0694. The SMILES string of the molecule is O=C([O-])c1ccnc([S-])c1.[Na+].[Na+]. The molecule has 0 aliphatic carbocycles. The predicted molar refractivity (Wildman–Crippen MR) is 34.2 cm³/mol. The number of pyridine rings is 1. The maximum Gasteiger partial charge on any atom is 1.00 e. The van der Waals surface area contributed by atoms with Crippen LogP contribution in [0.1, 0.15) is 10.4 Å². The van der Waals surface area contributed by atoms with Crippen LogP contribution in [-0.4, -0.2) is 11.0 Å². The van der Waals surface area contributed by atoms with Gasteiger partial charge in [-0.3, -0.25) is 4.98 Å². The van der Waals surface area contributed by atoms with Gasteiger partial charge in [-0.2, -0.15) is 0 Å². The molecule has 12 heavy (non-hydrogen) atoms. The van der Waals surface area contributed by atoms with Crippen molar-refractivity contribution in [2.24, 2.45) is 0 Å². The summed E-state index contributed by atoms with van der Waals surface area (Å²) >= 11 is 4.62. The Hall–Kier alpha value is 0.840. The smallest absolute Gasteiger partial charge is 0.760 e. The summed E-state index contributed by atoms with van der Waals surface area (Å²) in [6, 6.07) is 2.62. The van der Waals surface area contributed by atoms with Crippen LogP contribution >= 0.6 is 0 Å². The van der Waals surface area contributed by atoms with Gasteiger partial charge in [0.15, 0.2) is 0 Å². The Morgan fingerprint density at radius 3 is 2.42 bits per heavy atom. The quantitative estimate of drug-likeness (QED) is 0.333. The Labute approximate surface area is 120 Å². The van der Waals surface area contributed by atoms with Crippen molar-refractivity contribution in [2.75, 3.05) is 0 Å². The van der Waals surface area contributed by atoms with E-state index in [-0.39, 0.29) is 69.7 Å². The van der Waals surface area contributed by atoms with E-state index in [1.165, 1.54) is 18.3 Å². The molecule has 0 N–H and O–H groups in total. The minimum atomic E-state index is -1.23. The van der Waals surface area contributed by atoms with E-state index in [0.29, 0.717) is 0 Å². The van der Waals surface area contributed by atoms with Crippen molar-refractivity contribution in [3.05, 3.63) is 23.9 Å². The standard InChI is InChI=1S/C6H5NO2S.2Na/c8-6(9)4-1-2-7-5(10)3-4;;/h1-3H,(H,7,10)(H,8,9);;/q;2*+1/p-2. The molecule has 0 saturated heterocycles. The van der Waals surface area contributed by atoms with E-state index >= 15 is 0 Å². The first-order valence-electron chi connectivity index (χ1n) is 2.54. The molecule has 0 fully saturated rings. The number of carboxylic acid groups (broad SMARTS) is 1. The molecule has 0 amide bonds. The predicted octanol–water partition coefficient (Wildman–Crippen LogP) is -6.64. The molecule has 1 heterocycles. The summed E-state index contributed by atoms with van der Waals surface area (Å²) < 4.78 is 0. The Kier molecular flexibility index (Phi) is 9.27. The number of hydrogen-bond donors (Lipinski definition) is 0. The van der Waals surface area contributed by atoms with Gasteiger partial charge in [0.25, 0.3) is 0 Å². The molecule has 1 aromatic rings. The molecule has 0 atom stereocenters. The van der Waals surface area contributed by atoms with Gasteiger partial charge in [0.05, 0.1) is 5.97 Å². The van der Waals surface area contributed by atoms with Gasteiger partial charge in [-0.1, -0.05) is 11.1 Å². The van der Waals surface area contributed by atoms with Crippen LogP contribution in [0.4, 0.5) is 0 Å². The number of hydrogen-bond acceptors (Lipinski definition) is 4. The average molecular weight is 199 g/mol. The number of nitrogens with zero attached hydrogens (tertiary/aromatic N) is 1. The third kappa shape index (κ3) is 4.77. The van der Waals surface area contributed by atoms with E-state index in [9.17, 15) is 9.90 Å². The first kappa shape index (κ1) is 15.3. The number of carbonyl (C=O) groups is 1. The minimum Gasteiger partial charge on any atom is -0.760 e. The summed E-state index contributed by atoms with van der Waals surface area (Å²) in [6.07, 6.45) is 1.34. The van der Waals surface area contributed by atoms with Crippen LogP contribution in [0.25, 0.3) is 0 Å². The Morgan fingerprint density at radius 1 is 1.50 bits per heavy atom. The zero-order chi connectivity index (χ0) is 7.56. The molecule has 3 nitrogen and oxygen atoms in total. The van der Waals surface area contributed by atoms with Crippen molar-refractivity contribution in [2.45, 2.75) is 5.03 Å². The number of carboxylic acids is 1. The van der Waals surface area contributed by atoms with Gasteiger partial charge < -0.3 is 22.5 Å². The summed E-state index contributed by atoms with van der Waals surface area (Å²) in [5, 5.41) is 10.4. The first-order valence-corrected chi connectivity index (χ1v) is 2.95. The van der Waals surface area contributed by atoms with E-state index in [1.54, 1.807) is 0 Å². The van der Waals surface area contributed by atoms with Crippen molar-refractivity contribution in [3.63, 3.8) is 0 Å². The van der Waals surface area contributed by atoms with Crippen LogP contribution in [-0.2, 0) is 12.6 Å². The first-order chi connectivity index (χ1) is 4.70. The van der Waals surface area contributed by atoms with Crippen molar-refractivity contribution >= 4 is 18.6 Å². The topological polar surface area (TPSA) is 53.0 Å². The number of carbonyl (C=O) groups excluding carboxylic acids is 1. The monoisotopic (exact) mass is 199 g/mol. The third-order valence-electron chi connectivity index (χ3n) is 0.971. The summed E-state index contributed by atoms with van der Waals surface area (Å²) in [6.45, 7) is 0. The average Bonchev–Trinajstić information content (AvgIpc) is 1.88. The molecule has 0 aliphatic heterocycles. The van der Waals surface area contributed by atoms with Crippen molar-refractivity contribution in [1.29, 1.82) is 0 Å². The summed E-state index contributed by atoms with van der Waals surface area (Å²) in [7, 11) is 0. The largest absolute Gasteiger partial charge is 1.00 e. The van der Waals surface area contributed by atoms with E-state index in [4.69, 9.17) is 0 Å². The third-order valence-corrected chi connectivity index (χ3v) is 1.19. The molecule has 1 aromatic heterocycles. The number of aromatic carboxylic acids is 1. The molecule has 6 heteroatoms. The van der Waals surface area contributed by atoms with Crippen LogP contribution in [0.3, 0.4) is 0 Å². The second-order valence-electron chi connectivity index (χ2n) is 1.67. The second kappa shape index (κ2) is 7.26. The maximum absolute atomic E-state index is 10.2. The van der Waals surface area contributed by atoms with Gasteiger partial charge in [0, 0.05) is 6.20 Å². The molecule has 0 bridgehead atoms. The molecule has 0 spiro atoms. The van der Waals surface area contributed by atoms with Crippen molar-refractivity contribution in [3.8, 4) is 0 Å². The van der Waals surface area contributed by atoms with Crippen LogP contribution < -0.4 is 64.2 Å². The van der Waals surface area contributed by atoms with Gasteiger partial charge in [0.1, 0.15) is 0 Å². The molecular weight excluding hydrogens is 196 g/mol. The molecule has 0 aromatic carbocycles. The Balaban J connectivity index is 0. The van der Waals surface area contributed by atoms with E-state index < -0.39 is 5.97 Å². The molecule has 1 rings (SSSR count). The van der Waals surface area contributed by atoms with Gasteiger partial charge in [0.2, 0.25) is 0 Å². The fraction of sp³-hybridized carbons (Fsp3) is 0. The number of aromatic nitrogens is 1. The second-order valence-corrected chi connectivity index (χ2v) is 2.09. The van der Waals surface area contributed by atoms with Crippen LogP contribution in [0, 0.1) is 0 Å². The van der Waals surface area contributed by atoms with Gasteiger partial charge in [-0.15, -0.1) is 0 Å². The minimum absolute atomic E-state index is 0. The molecule has 0 saturated carbocycles. The van der Waals surface area contributed by atoms with Crippen molar-refractivity contribution in [1.82, 2.24) is 4.98 Å². The summed E-state index contributed by atoms with van der Waals surface area (Å²) in [4.78, 5) is 13.8. The zero-order valence-corrected chi connectivity index (χ0v) is 11.7. The van der Waals surface area contributed by atoms with E-state index in [2.05, 4.69) is 17.6 Å². The summed E-state index contributed by atoms with van der Waals surface area (Å²) in [5.74, 6) is -1.23. The zero-order valence-electron chi connectivity index (χ0n) is 6.90. The molecule has 0 unspecified atom stereocenters. The van der Waals surface area contributed by atoms with Crippen LogP contribution in [0.5, 0.6) is 0 Å². The molecule has 0 aliphatic rings. The Bertz CT molecular complexity index is 269. The normalized spacial score (nSPS) is 7.67. The molecule has 52 valence electrons.